The van der Waals surface area contributed by atoms with Crippen LogP contribution in [0.4, 0.5) is 0 Å². The second-order valence-electron chi connectivity index (χ2n) is 4.70. The molecule has 106 valence electrons. The van der Waals surface area contributed by atoms with Crippen molar-refractivity contribution < 1.29 is 4.74 Å². The van der Waals surface area contributed by atoms with Gasteiger partial charge in [0.05, 0.1) is 12.3 Å². The first-order valence-electron chi connectivity index (χ1n) is 6.56. The molecule has 1 aromatic carbocycles. The summed E-state index contributed by atoms with van der Waals surface area (Å²) < 4.78 is 5.61. The number of hydrogen-bond donors (Lipinski definition) is 1. The fourth-order valence-electron chi connectivity index (χ4n) is 1.70. The SMILES string of the molecule is CC(C)Oc1ccc(C(N)CSc2cnccn2)cc1. The molecule has 1 heterocycles. The Morgan fingerprint density at radius 2 is 1.95 bits per heavy atom. The van der Waals surface area contributed by atoms with Crippen LogP contribution in [0.25, 0.3) is 0 Å². The number of hydrogen-bond acceptors (Lipinski definition) is 5. The van der Waals surface area contributed by atoms with Gasteiger partial charge in [0.2, 0.25) is 0 Å². The predicted molar refractivity (Wildman–Crippen MR) is 81.9 cm³/mol. The molecule has 5 heteroatoms. The number of aromatic nitrogens is 2. The topological polar surface area (TPSA) is 61.0 Å². The quantitative estimate of drug-likeness (QED) is 0.828. The minimum Gasteiger partial charge on any atom is -0.491 e. The molecule has 0 aliphatic rings. The molecule has 0 fully saturated rings. The van der Waals surface area contributed by atoms with Crippen LogP contribution >= 0.6 is 11.8 Å². The summed E-state index contributed by atoms with van der Waals surface area (Å²) in [5.74, 6) is 1.64. The van der Waals surface area contributed by atoms with Crippen molar-refractivity contribution in [1.82, 2.24) is 9.97 Å². The summed E-state index contributed by atoms with van der Waals surface area (Å²) in [7, 11) is 0. The van der Waals surface area contributed by atoms with Crippen LogP contribution in [0.15, 0.2) is 47.9 Å². The van der Waals surface area contributed by atoms with Gasteiger partial charge in [-0.15, -0.1) is 11.8 Å². The van der Waals surface area contributed by atoms with E-state index in [1.165, 1.54) is 0 Å². The van der Waals surface area contributed by atoms with Crippen LogP contribution in [-0.2, 0) is 0 Å². The maximum Gasteiger partial charge on any atom is 0.119 e. The molecule has 2 N–H and O–H groups in total. The van der Waals surface area contributed by atoms with Crippen LogP contribution in [0.5, 0.6) is 5.75 Å². The monoisotopic (exact) mass is 289 g/mol. The lowest BCUT2D eigenvalue weighted by Crippen LogP contribution is -2.13. The molecule has 0 aliphatic heterocycles. The zero-order valence-corrected chi connectivity index (χ0v) is 12.5. The van der Waals surface area contributed by atoms with Gasteiger partial charge in [0, 0.05) is 24.2 Å². The molecule has 0 amide bonds. The van der Waals surface area contributed by atoms with Gasteiger partial charge in [-0.25, -0.2) is 4.98 Å². The van der Waals surface area contributed by atoms with Crippen LogP contribution in [0.3, 0.4) is 0 Å². The molecule has 1 aromatic heterocycles. The van der Waals surface area contributed by atoms with Gasteiger partial charge in [-0.1, -0.05) is 12.1 Å². The van der Waals surface area contributed by atoms with Gasteiger partial charge in [-0.2, -0.15) is 0 Å². The lowest BCUT2D eigenvalue weighted by molar-refractivity contribution is 0.242. The van der Waals surface area contributed by atoms with Gasteiger partial charge in [-0.05, 0) is 31.5 Å². The van der Waals surface area contributed by atoms with Crippen LogP contribution in [0.2, 0.25) is 0 Å². The summed E-state index contributed by atoms with van der Waals surface area (Å²) in [4.78, 5) is 8.25. The van der Waals surface area contributed by atoms with E-state index in [0.29, 0.717) is 0 Å². The highest BCUT2D eigenvalue weighted by Gasteiger charge is 2.08. The molecule has 1 unspecified atom stereocenters. The number of benzene rings is 1. The van der Waals surface area contributed by atoms with Crippen molar-refractivity contribution in [3.05, 3.63) is 48.4 Å². The van der Waals surface area contributed by atoms with Crippen molar-refractivity contribution in [2.75, 3.05) is 5.75 Å². The summed E-state index contributed by atoms with van der Waals surface area (Å²) in [5.41, 5.74) is 7.28. The highest BCUT2D eigenvalue weighted by Crippen LogP contribution is 2.23. The van der Waals surface area contributed by atoms with E-state index in [2.05, 4.69) is 9.97 Å². The fraction of sp³-hybridized carbons (Fsp3) is 0.333. The van der Waals surface area contributed by atoms with Crippen molar-refractivity contribution in [3.63, 3.8) is 0 Å². The molecule has 0 spiro atoms. The molecular formula is C15H19N3OS. The van der Waals surface area contributed by atoms with Gasteiger partial charge in [0.25, 0.3) is 0 Å². The third-order valence-electron chi connectivity index (χ3n) is 2.63. The van der Waals surface area contributed by atoms with E-state index in [9.17, 15) is 0 Å². The zero-order chi connectivity index (χ0) is 14.4. The van der Waals surface area contributed by atoms with Gasteiger partial charge < -0.3 is 10.5 Å². The lowest BCUT2D eigenvalue weighted by atomic mass is 10.1. The lowest BCUT2D eigenvalue weighted by Gasteiger charge is -2.13. The average molecular weight is 289 g/mol. The van der Waals surface area contributed by atoms with E-state index >= 15 is 0 Å². The van der Waals surface area contributed by atoms with Crippen LogP contribution < -0.4 is 10.5 Å². The van der Waals surface area contributed by atoms with E-state index < -0.39 is 0 Å². The maximum atomic E-state index is 6.18. The van der Waals surface area contributed by atoms with E-state index in [4.69, 9.17) is 10.5 Å². The van der Waals surface area contributed by atoms with Crippen molar-refractivity contribution in [3.8, 4) is 5.75 Å². The summed E-state index contributed by atoms with van der Waals surface area (Å²) in [6.07, 6.45) is 5.28. The van der Waals surface area contributed by atoms with E-state index in [1.807, 2.05) is 38.1 Å². The number of ether oxygens (including phenoxy) is 1. The summed E-state index contributed by atoms with van der Waals surface area (Å²) in [6, 6.07) is 7.92. The minimum absolute atomic E-state index is 0.0323. The van der Waals surface area contributed by atoms with E-state index in [-0.39, 0.29) is 12.1 Å². The number of rotatable bonds is 6. The molecule has 0 saturated heterocycles. The normalized spacial score (nSPS) is 12.4. The zero-order valence-electron chi connectivity index (χ0n) is 11.7. The number of nitrogens with two attached hydrogens (primary N) is 1. The maximum absolute atomic E-state index is 6.18. The Morgan fingerprint density at radius 1 is 1.20 bits per heavy atom. The molecule has 0 saturated carbocycles. The molecular weight excluding hydrogens is 270 g/mol. The Morgan fingerprint density at radius 3 is 2.55 bits per heavy atom. The average Bonchev–Trinajstić information content (AvgIpc) is 2.46. The van der Waals surface area contributed by atoms with Gasteiger partial charge in [0.1, 0.15) is 10.8 Å². The molecule has 0 bridgehead atoms. The van der Waals surface area contributed by atoms with Gasteiger partial charge in [-0.3, -0.25) is 4.98 Å². The van der Waals surface area contributed by atoms with E-state index in [1.54, 1.807) is 30.4 Å². The predicted octanol–water partition coefficient (Wildman–Crippen LogP) is 3.06. The Hall–Kier alpha value is -1.59. The summed E-state index contributed by atoms with van der Waals surface area (Å²) in [5, 5.41) is 0.891. The molecule has 2 aromatic rings. The summed E-state index contributed by atoms with van der Waals surface area (Å²) >= 11 is 1.61. The molecule has 2 rings (SSSR count). The highest BCUT2D eigenvalue weighted by molar-refractivity contribution is 7.99. The molecule has 4 nitrogen and oxygen atoms in total. The number of thioether (sulfide) groups is 1. The largest absolute Gasteiger partial charge is 0.491 e. The Labute approximate surface area is 123 Å². The molecule has 20 heavy (non-hydrogen) atoms. The van der Waals surface area contributed by atoms with Gasteiger partial charge >= 0.3 is 0 Å². The Balaban J connectivity index is 1.90. The summed E-state index contributed by atoms with van der Waals surface area (Å²) in [6.45, 7) is 4.02. The first kappa shape index (κ1) is 14.8. The molecule has 0 radical (unpaired) electrons. The fourth-order valence-corrected chi connectivity index (χ4v) is 2.51. The van der Waals surface area contributed by atoms with Crippen LogP contribution in [-0.4, -0.2) is 21.8 Å². The van der Waals surface area contributed by atoms with Crippen molar-refractivity contribution in [2.24, 2.45) is 5.73 Å². The highest BCUT2D eigenvalue weighted by atomic mass is 32.2. The van der Waals surface area contributed by atoms with E-state index in [0.717, 1.165) is 22.1 Å². The Kier molecular flexibility index (Phi) is 5.38. The standard InChI is InChI=1S/C15H19N3OS/c1-11(2)19-13-5-3-12(4-6-13)14(16)10-20-15-9-17-7-8-18-15/h3-9,11,14H,10,16H2,1-2H3. The van der Waals surface area contributed by atoms with Crippen LogP contribution in [0.1, 0.15) is 25.5 Å². The van der Waals surface area contributed by atoms with Crippen LogP contribution in [0, 0.1) is 0 Å². The third kappa shape index (κ3) is 4.51. The Bertz CT molecular complexity index is 516. The third-order valence-corrected chi connectivity index (χ3v) is 3.66. The smallest absolute Gasteiger partial charge is 0.119 e. The second-order valence-corrected chi connectivity index (χ2v) is 5.74. The molecule has 1 atom stereocenters. The second kappa shape index (κ2) is 7.26. The van der Waals surface area contributed by atoms with Crippen molar-refractivity contribution >= 4 is 11.8 Å². The molecule has 0 aliphatic carbocycles. The minimum atomic E-state index is -0.0323. The van der Waals surface area contributed by atoms with Gasteiger partial charge in [0.15, 0.2) is 0 Å². The van der Waals surface area contributed by atoms with Crippen molar-refractivity contribution in [2.45, 2.75) is 31.0 Å². The first-order valence-corrected chi connectivity index (χ1v) is 7.54. The first-order chi connectivity index (χ1) is 9.65. The number of nitrogens with zero attached hydrogens (tertiary/aromatic N) is 2. The van der Waals surface area contributed by atoms with Crippen molar-refractivity contribution in [1.29, 1.82) is 0 Å².